The number of benzene rings is 1. The van der Waals surface area contributed by atoms with E-state index in [1.165, 1.54) is 10.9 Å². The van der Waals surface area contributed by atoms with Crippen molar-refractivity contribution in [3.05, 3.63) is 58.5 Å². The third kappa shape index (κ3) is 6.05. The first kappa shape index (κ1) is 21.3. The number of nitrogens with one attached hydrogen (secondary N) is 2. The number of ether oxygens (including phenoxy) is 1. The van der Waals surface area contributed by atoms with Crippen LogP contribution in [-0.2, 0) is 11.3 Å². The van der Waals surface area contributed by atoms with Crippen molar-refractivity contribution in [2.75, 3.05) is 19.7 Å². The summed E-state index contributed by atoms with van der Waals surface area (Å²) in [6.45, 7) is 4.45. The summed E-state index contributed by atoms with van der Waals surface area (Å²) in [4.78, 5) is 27.9. The quantitative estimate of drug-likeness (QED) is 0.491. The minimum absolute atomic E-state index is 0.109. The zero-order valence-corrected chi connectivity index (χ0v) is 17.3. The number of rotatable bonds is 9. The number of halogens is 1. The Morgan fingerprint density at radius 1 is 1.23 bits per heavy atom. The molecule has 10 nitrogen and oxygen atoms in total. The molecule has 2 heterocycles. The van der Waals surface area contributed by atoms with E-state index in [1.807, 2.05) is 32.0 Å². The SMILES string of the molecule is Cc1ccc(OCC(=O)NCCNC(=O)c2nc(Cn3cc(Cl)cn3)no2)c(C)c1. The first-order valence-corrected chi connectivity index (χ1v) is 9.54. The van der Waals surface area contributed by atoms with Gasteiger partial charge in [0.15, 0.2) is 12.4 Å². The van der Waals surface area contributed by atoms with E-state index >= 15 is 0 Å². The molecule has 1 aromatic carbocycles. The number of nitrogens with zero attached hydrogens (tertiary/aromatic N) is 4. The van der Waals surface area contributed by atoms with Crippen LogP contribution in [0.15, 0.2) is 35.1 Å². The van der Waals surface area contributed by atoms with E-state index in [0.29, 0.717) is 10.8 Å². The fourth-order valence-corrected chi connectivity index (χ4v) is 2.75. The van der Waals surface area contributed by atoms with Gasteiger partial charge < -0.3 is 19.9 Å². The molecule has 2 aromatic heterocycles. The second-order valence-corrected chi connectivity index (χ2v) is 6.97. The number of hydrogen-bond donors (Lipinski definition) is 2. The Kier molecular flexibility index (Phi) is 7.02. The average molecular weight is 433 g/mol. The van der Waals surface area contributed by atoms with E-state index in [4.69, 9.17) is 20.9 Å². The van der Waals surface area contributed by atoms with E-state index in [0.717, 1.165) is 11.1 Å². The largest absolute Gasteiger partial charge is 0.484 e. The molecule has 2 N–H and O–H groups in total. The van der Waals surface area contributed by atoms with Crippen molar-refractivity contribution in [1.29, 1.82) is 0 Å². The summed E-state index contributed by atoms with van der Waals surface area (Å²) < 4.78 is 12.0. The number of amides is 2. The highest BCUT2D eigenvalue weighted by Crippen LogP contribution is 2.18. The molecule has 0 aliphatic heterocycles. The molecule has 0 saturated heterocycles. The Morgan fingerprint density at radius 2 is 2.03 bits per heavy atom. The molecule has 0 unspecified atom stereocenters. The number of carbonyl (C=O) groups excluding carboxylic acids is 2. The monoisotopic (exact) mass is 432 g/mol. The molecule has 0 saturated carbocycles. The maximum absolute atomic E-state index is 12.0. The van der Waals surface area contributed by atoms with Gasteiger partial charge in [-0.05, 0) is 25.5 Å². The van der Waals surface area contributed by atoms with Gasteiger partial charge in [-0.2, -0.15) is 10.1 Å². The summed E-state index contributed by atoms with van der Waals surface area (Å²) in [5.74, 6) is -0.0478. The van der Waals surface area contributed by atoms with E-state index in [9.17, 15) is 9.59 Å². The van der Waals surface area contributed by atoms with E-state index < -0.39 is 5.91 Å². The molecule has 3 rings (SSSR count). The number of aromatic nitrogens is 4. The molecule has 0 radical (unpaired) electrons. The van der Waals surface area contributed by atoms with Crippen molar-refractivity contribution in [2.45, 2.75) is 20.4 Å². The van der Waals surface area contributed by atoms with Crippen molar-refractivity contribution in [3.8, 4) is 5.75 Å². The highest BCUT2D eigenvalue weighted by Gasteiger charge is 2.15. The van der Waals surface area contributed by atoms with Crippen molar-refractivity contribution >= 4 is 23.4 Å². The summed E-state index contributed by atoms with van der Waals surface area (Å²) in [7, 11) is 0. The summed E-state index contributed by atoms with van der Waals surface area (Å²) in [6.07, 6.45) is 3.08. The Hall–Kier alpha value is -3.40. The van der Waals surface area contributed by atoms with Crippen LogP contribution in [0.4, 0.5) is 0 Å². The van der Waals surface area contributed by atoms with Crippen molar-refractivity contribution in [1.82, 2.24) is 30.6 Å². The zero-order chi connectivity index (χ0) is 21.5. The first-order chi connectivity index (χ1) is 14.4. The molecule has 0 aliphatic rings. The van der Waals surface area contributed by atoms with Crippen LogP contribution in [0.3, 0.4) is 0 Å². The molecule has 30 heavy (non-hydrogen) atoms. The van der Waals surface area contributed by atoms with Crippen LogP contribution < -0.4 is 15.4 Å². The molecule has 158 valence electrons. The lowest BCUT2D eigenvalue weighted by Crippen LogP contribution is -2.36. The number of carbonyl (C=O) groups is 2. The summed E-state index contributed by atoms with van der Waals surface area (Å²) in [6, 6.07) is 5.73. The Bertz CT molecular complexity index is 1030. The predicted octanol–water partition coefficient (Wildman–Crippen LogP) is 1.51. The normalized spacial score (nSPS) is 10.6. The van der Waals surface area contributed by atoms with Gasteiger partial charge in [-0.1, -0.05) is 34.5 Å². The van der Waals surface area contributed by atoms with Crippen LogP contribution in [0.5, 0.6) is 5.75 Å². The van der Waals surface area contributed by atoms with Crippen molar-refractivity contribution in [3.63, 3.8) is 0 Å². The van der Waals surface area contributed by atoms with Crippen molar-refractivity contribution in [2.24, 2.45) is 0 Å². The predicted molar refractivity (Wildman–Crippen MR) is 107 cm³/mol. The van der Waals surface area contributed by atoms with Crippen LogP contribution in [0, 0.1) is 13.8 Å². The van der Waals surface area contributed by atoms with Crippen LogP contribution in [0.1, 0.15) is 27.6 Å². The first-order valence-electron chi connectivity index (χ1n) is 9.16. The van der Waals surface area contributed by atoms with Gasteiger partial charge >= 0.3 is 11.8 Å². The fourth-order valence-electron chi connectivity index (χ4n) is 2.59. The second-order valence-electron chi connectivity index (χ2n) is 6.54. The molecule has 0 bridgehead atoms. The van der Waals surface area contributed by atoms with E-state index in [2.05, 4.69) is 25.9 Å². The van der Waals surface area contributed by atoms with Gasteiger partial charge in [0.25, 0.3) is 5.91 Å². The summed E-state index contributed by atoms with van der Waals surface area (Å²) >= 11 is 5.79. The topological polar surface area (TPSA) is 124 Å². The standard InChI is InChI=1S/C19H21ClN6O4/c1-12-3-4-15(13(2)7-12)29-11-17(27)21-5-6-22-18(28)19-24-16(25-30-19)10-26-9-14(20)8-23-26/h3-4,7-9H,5-6,10-11H2,1-2H3,(H,21,27)(H,22,28). The molecule has 0 fully saturated rings. The van der Waals surface area contributed by atoms with E-state index in [1.54, 1.807) is 6.20 Å². The van der Waals surface area contributed by atoms with Gasteiger partial charge in [-0.3, -0.25) is 14.3 Å². The van der Waals surface area contributed by atoms with Gasteiger partial charge in [0, 0.05) is 19.3 Å². The summed E-state index contributed by atoms with van der Waals surface area (Å²) in [5, 5.41) is 13.5. The van der Waals surface area contributed by atoms with Crippen molar-refractivity contribution < 1.29 is 18.8 Å². The number of hydrogen-bond acceptors (Lipinski definition) is 7. The third-order valence-corrected chi connectivity index (χ3v) is 4.18. The minimum atomic E-state index is -0.534. The van der Waals surface area contributed by atoms with Gasteiger partial charge in [0.1, 0.15) is 12.3 Å². The van der Waals surface area contributed by atoms with Crippen LogP contribution >= 0.6 is 11.6 Å². The molecular formula is C19H21ClN6O4. The maximum atomic E-state index is 12.0. The minimum Gasteiger partial charge on any atom is -0.484 e. The van der Waals surface area contributed by atoms with Crippen LogP contribution in [0.2, 0.25) is 5.02 Å². The van der Waals surface area contributed by atoms with Gasteiger partial charge in [-0.25, -0.2) is 0 Å². The maximum Gasteiger partial charge on any atom is 0.316 e. The fraction of sp³-hybridized carbons (Fsp3) is 0.316. The highest BCUT2D eigenvalue weighted by atomic mass is 35.5. The lowest BCUT2D eigenvalue weighted by molar-refractivity contribution is -0.123. The Labute approximate surface area is 177 Å². The molecule has 0 atom stereocenters. The van der Waals surface area contributed by atoms with Gasteiger partial charge in [-0.15, -0.1) is 0 Å². The Balaban J connectivity index is 1.35. The molecule has 2 amide bonds. The molecule has 11 heteroatoms. The lowest BCUT2D eigenvalue weighted by atomic mass is 10.1. The third-order valence-electron chi connectivity index (χ3n) is 3.99. The smallest absolute Gasteiger partial charge is 0.316 e. The van der Waals surface area contributed by atoms with E-state index in [-0.39, 0.29) is 43.9 Å². The van der Waals surface area contributed by atoms with Crippen LogP contribution in [-0.4, -0.2) is 51.4 Å². The molecule has 3 aromatic rings. The second kappa shape index (κ2) is 9.88. The summed E-state index contributed by atoms with van der Waals surface area (Å²) in [5.41, 5.74) is 2.09. The molecular weight excluding hydrogens is 412 g/mol. The van der Waals surface area contributed by atoms with Gasteiger partial charge in [0.2, 0.25) is 0 Å². The lowest BCUT2D eigenvalue weighted by Gasteiger charge is -2.10. The molecule has 0 spiro atoms. The highest BCUT2D eigenvalue weighted by molar-refractivity contribution is 6.30. The molecule has 0 aliphatic carbocycles. The average Bonchev–Trinajstić information content (AvgIpc) is 3.33. The van der Waals surface area contributed by atoms with Gasteiger partial charge in [0.05, 0.1) is 11.2 Å². The number of aryl methyl sites for hydroxylation is 2. The zero-order valence-electron chi connectivity index (χ0n) is 16.5. The Morgan fingerprint density at radius 3 is 2.77 bits per heavy atom. The van der Waals surface area contributed by atoms with Crippen LogP contribution in [0.25, 0.3) is 0 Å².